The third kappa shape index (κ3) is 3.87. The van der Waals surface area contributed by atoms with Crippen molar-refractivity contribution in [1.82, 2.24) is 4.90 Å². The van der Waals surface area contributed by atoms with Gasteiger partial charge in [0, 0.05) is 18.7 Å². The predicted octanol–water partition coefficient (Wildman–Crippen LogP) is 3.22. The lowest BCUT2D eigenvalue weighted by molar-refractivity contribution is 0.245. The van der Waals surface area contributed by atoms with E-state index in [1.165, 1.54) is 5.56 Å². The van der Waals surface area contributed by atoms with E-state index in [1.807, 2.05) is 6.92 Å². The maximum absolute atomic E-state index is 5.30. The largest absolute Gasteiger partial charge is 0.469 e. The van der Waals surface area contributed by atoms with Crippen LogP contribution < -0.4 is 0 Å². The number of hydrogen-bond acceptors (Lipinski definition) is 3. The smallest absolute Gasteiger partial charge is 0.105 e. The Kier molecular flexibility index (Phi) is 5.42. The maximum atomic E-state index is 5.30. The van der Waals surface area contributed by atoms with Crippen molar-refractivity contribution >= 4 is 12.6 Å². The lowest BCUT2D eigenvalue weighted by atomic mass is 9.97. The predicted molar refractivity (Wildman–Crippen MR) is 72.0 cm³/mol. The summed E-state index contributed by atoms with van der Waals surface area (Å²) in [6, 6.07) is 2.05. The van der Waals surface area contributed by atoms with Gasteiger partial charge >= 0.3 is 0 Å². The molecule has 1 atom stereocenters. The summed E-state index contributed by atoms with van der Waals surface area (Å²) in [5.41, 5.74) is 1.28. The van der Waals surface area contributed by atoms with E-state index >= 15 is 0 Å². The Labute approximate surface area is 104 Å². The molecule has 1 unspecified atom stereocenters. The fraction of sp³-hybridized carbons (Fsp3) is 0.692. The van der Waals surface area contributed by atoms with E-state index in [0.29, 0.717) is 11.8 Å². The van der Waals surface area contributed by atoms with Gasteiger partial charge in [0.05, 0.1) is 6.26 Å². The first-order chi connectivity index (χ1) is 7.54. The van der Waals surface area contributed by atoms with Gasteiger partial charge in [-0.05, 0) is 37.6 Å². The topological polar surface area (TPSA) is 16.4 Å². The van der Waals surface area contributed by atoms with Crippen molar-refractivity contribution in [3.8, 4) is 0 Å². The van der Waals surface area contributed by atoms with Crippen LogP contribution in [0.15, 0.2) is 16.7 Å². The van der Waals surface area contributed by atoms with Gasteiger partial charge in [-0.25, -0.2) is 0 Å². The van der Waals surface area contributed by atoms with Gasteiger partial charge in [-0.15, -0.1) is 0 Å². The van der Waals surface area contributed by atoms with Crippen molar-refractivity contribution < 1.29 is 4.42 Å². The first-order valence-corrected chi connectivity index (χ1v) is 6.50. The van der Waals surface area contributed by atoms with Crippen LogP contribution in [-0.4, -0.2) is 24.2 Å². The Hall–Kier alpha value is -0.410. The standard InChI is InChI=1S/C13H23NOS/c1-10(2)13(9-16)8-14(4)7-12-5-6-15-11(12)3/h5-6,10,13,16H,7-9H2,1-4H3. The van der Waals surface area contributed by atoms with Crippen molar-refractivity contribution in [3.63, 3.8) is 0 Å². The Bertz CT molecular complexity index is 309. The number of rotatable bonds is 6. The van der Waals surface area contributed by atoms with E-state index in [0.717, 1.165) is 24.6 Å². The first kappa shape index (κ1) is 13.7. The number of thiol groups is 1. The van der Waals surface area contributed by atoms with Crippen LogP contribution in [0.25, 0.3) is 0 Å². The van der Waals surface area contributed by atoms with Crippen LogP contribution in [0.5, 0.6) is 0 Å². The van der Waals surface area contributed by atoms with Gasteiger partial charge < -0.3 is 9.32 Å². The zero-order chi connectivity index (χ0) is 12.1. The molecular formula is C13H23NOS. The zero-order valence-electron chi connectivity index (χ0n) is 10.7. The summed E-state index contributed by atoms with van der Waals surface area (Å²) in [6.07, 6.45) is 1.76. The molecular weight excluding hydrogens is 218 g/mol. The summed E-state index contributed by atoms with van der Waals surface area (Å²) in [5.74, 6) is 3.32. The van der Waals surface area contributed by atoms with E-state index in [-0.39, 0.29) is 0 Å². The molecule has 3 heteroatoms. The molecule has 0 bridgehead atoms. The van der Waals surface area contributed by atoms with Gasteiger partial charge in [-0.3, -0.25) is 0 Å². The normalized spacial score (nSPS) is 13.7. The van der Waals surface area contributed by atoms with Crippen molar-refractivity contribution in [1.29, 1.82) is 0 Å². The highest BCUT2D eigenvalue weighted by Gasteiger charge is 2.15. The lowest BCUT2D eigenvalue weighted by Crippen LogP contribution is -2.29. The Balaban J connectivity index is 2.47. The minimum Gasteiger partial charge on any atom is -0.469 e. The fourth-order valence-electron chi connectivity index (χ4n) is 1.81. The molecule has 0 aromatic carbocycles. The summed E-state index contributed by atoms with van der Waals surface area (Å²) >= 11 is 4.42. The van der Waals surface area contributed by atoms with E-state index in [9.17, 15) is 0 Å². The molecule has 0 saturated carbocycles. The van der Waals surface area contributed by atoms with Crippen LogP contribution in [0.1, 0.15) is 25.2 Å². The molecule has 0 aliphatic heterocycles. The Morgan fingerprint density at radius 2 is 2.12 bits per heavy atom. The average Bonchev–Trinajstić information content (AvgIpc) is 2.60. The van der Waals surface area contributed by atoms with Gasteiger partial charge in [-0.2, -0.15) is 12.6 Å². The molecule has 0 radical (unpaired) electrons. The van der Waals surface area contributed by atoms with Crippen LogP contribution >= 0.6 is 12.6 Å². The minimum atomic E-state index is 0.653. The maximum Gasteiger partial charge on any atom is 0.105 e. The molecule has 0 aliphatic carbocycles. The third-order valence-electron chi connectivity index (χ3n) is 3.13. The highest BCUT2D eigenvalue weighted by Crippen LogP contribution is 2.16. The van der Waals surface area contributed by atoms with Crippen LogP contribution in [0.4, 0.5) is 0 Å². The molecule has 1 rings (SSSR count). The fourth-order valence-corrected chi connectivity index (χ4v) is 2.35. The molecule has 1 heterocycles. The molecule has 1 aromatic heterocycles. The van der Waals surface area contributed by atoms with Gasteiger partial charge in [0.2, 0.25) is 0 Å². The van der Waals surface area contributed by atoms with Gasteiger partial charge in [0.1, 0.15) is 5.76 Å². The Morgan fingerprint density at radius 1 is 1.44 bits per heavy atom. The van der Waals surface area contributed by atoms with Gasteiger partial charge in [0.15, 0.2) is 0 Å². The van der Waals surface area contributed by atoms with E-state index in [2.05, 4.69) is 44.5 Å². The molecule has 0 fully saturated rings. The number of aryl methyl sites for hydroxylation is 1. The van der Waals surface area contributed by atoms with Crippen LogP contribution in [-0.2, 0) is 6.54 Å². The van der Waals surface area contributed by atoms with Crippen molar-refractivity contribution in [2.24, 2.45) is 11.8 Å². The summed E-state index contributed by atoms with van der Waals surface area (Å²) in [5, 5.41) is 0. The molecule has 92 valence electrons. The average molecular weight is 241 g/mol. The molecule has 0 N–H and O–H groups in total. The van der Waals surface area contributed by atoms with Gasteiger partial charge in [-0.1, -0.05) is 13.8 Å². The minimum absolute atomic E-state index is 0.653. The van der Waals surface area contributed by atoms with Crippen LogP contribution in [0.3, 0.4) is 0 Å². The summed E-state index contributed by atoms with van der Waals surface area (Å²) in [6.45, 7) is 8.59. The van der Waals surface area contributed by atoms with Crippen molar-refractivity contribution in [2.75, 3.05) is 19.3 Å². The second-order valence-electron chi connectivity index (χ2n) is 4.89. The van der Waals surface area contributed by atoms with Crippen molar-refractivity contribution in [2.45, 2.75) is 27.3 Å². The number of nitrogens with zero attached hydrogens (tertiary/aromatic N) is 1. The molecule has 0 saturated heterocycles. The number of furan rings is 1. The summed E-state index contributed by atoms with van der Waals surface area (Å²) in [7, 11) is 2.16. The molecule has 0 spiro atoms. The molecule has 0 amide bonds. The molecule has 16 heavy (non-hydrogen) atoms. The summed E-state index contributed by atoms with van der Waals surface area (Å²) < 4.78 is 5.30. The quantitative estimate of drug-likeness (QED) is 0.770. The van der Waals surface area contributed by atoms with E-state index < -0.39 is 0 Å². The molecule has 2 nitrogen and oxygen atoms in total. The number of hydrogen-bond donors (Lipinski definition) is 1. The highest BCUT2D eigenvalue weighted by molar-refractivity contribution is 7.80. The Morgan fingerprint density at radius 3 is 2.56 bits per heavy atom. The highest BCUT2D eigenvalue weighted by atomic mass is 32.1. The monoisotopic (exact) mass is 241 g/mol. The summed E-state index contributed by atoms with van der Waals surface area (Å²) in [4.78, 5) is 2.35. The second kappa shape index (κ2) is 6.36. The lowest BCUT2D eigenvalue weighted by Gasteiger charge is -2.25. The third-order valence-corrected chi connectivity index (χ3v) is 3.60. The van der Waals surface area contributed by atoms with Crippen LogP contribution in [0, 0.1) is 18.8 Å². The molecule has 0 aliphatic rings. The van der Waals surface area contributed by atoms with Gasteiger partial charge in [0.25, 0.3) is 0 Å². The first-order valence-electron chi connectivity index (χ1n) is 5.87. The molecule has 1 aromatic rings. The second-order valence-corrected chi connectivity index (χ2v) is 5.25. The van der Waals surface area contributed by atoms with E-state index in [4.69, 9.17) is 4.42 Å². The SMILES string of the molecule is Cc1occc1CN(C)CC(CS)C(C)C. The van der Waals surface area contributed by atoms with E-state index in [1.54, 1.807) is 6.26 Å². The zero-order valence-corrected chi connectivity index (χ0v) is 11.6. The van der Waals surface area contributed by atoms with Crippen LogP contribution in [0.2, 0.25) is 0 Å². The van der Waals surface area contributed by atoms with Crippen molar-refractivity contribution in [3.05, 3.63) is 23.7 Å².